The Morgan fingerprint density at radius 2 is 2.03 bits per heavy atom. The Morgan fingerprint density at radius 1 is 1.28 bits per heavy atom. The number of hydrogen-bond donors (Lipinski definition) is 2. The van der Waals surface area contributed by atoms with Gasteiger partial charge in [0.15, 0.2) is 0 Å². The lowest BCUT2D eigenvalue weighted by Crippen LogP contribution is -2.31. The van der Waals surface area contributed by atoms with Gasteiger partial charge in [0.1, 0.15) is 5.75 Å². The maximum absolute atomic E-state index is 13.3. The van der Waals surface area contributed by atoms with Crippen molar-refractivity contribution in [3.8, 4) is 5.75 Å². The summed E-state index contributed by atoms with van der Waals surface area (Å²) in [6.07, 6.45) is 8.84. The molecule has 0 bridgehead atoms. The van der Waals surface area contributed by atoms with E-state index in [2.05, 4.69) is 4.72 Å². The fourth-order valence-electron chi connectivity index (χ4n) is 3.60. The van der Waals surface area contributed by atoms with Crippen molar-refractivity contribution >= 4 is 10.0 Å². The van der Waals surface area contributed by atoms with Crippen molar-refractivity contribution in [1.29, 1.82) is 0 Å². The van der Waals surface area contributed by atoms with Crippen LogP contribution in [0.25, 0.3) is 0 Å². The average Bonchev–Trinajstić information content (AvgIpc) is 3.24. The number of ether oxygens (including phenoxy) is 1. The molecular weight excluding hydrogens is 437 g/mol. The number of halogens is 1. The fourth-order valence-corrected chi connectivity index (χ4v) is 4.84. The molecule has 1 aromatic heterocycles. The highest BCUT2D eigenvalue weighted by Gasteiger charge is 2.18. The van der Waals surface area contributed by atoms with Crippen LogP contribution >= 0.6 is 0 Å². The number of hydrogen-bond acceptors (Lipinski definition) is 5. The molecule has 0 saturated heterocycles. The number of aromatic amines is 1. The van der Waals surface area contributed by atoms with Gasteiger partial charge < -0.3 is 4.74 Å². The largest absolute Gasteiger partial charge is 0.490 e. The SMILES string of the molecule is C[C@@H](NS(=O)(=O)CC/C=C/Cn1cc(F)c(=O)[nH]c1=O)c1cccc(OC2CCCC2)c1. The standard InChI is InChI=1S/C22H28FN3O5S/c1-16(17-8-7-11-19(14-17)31-18-9-3-4-10-18)25-32(29,30)13-6-2-5-12-26-15-20(23)21(27)24-22(26)28/h2,5,7-8,11,14-16,18,25H,3-4,6,9-10,12-13H2,1H3,(H,24,27,28)/b5-2+/t16-/m1/s1. The van der Waals surface area contributed by atoms with E-state index in [-0.39, 0.29) is 24.8 Å². The number of sulfonamides is 1. The van der Waals surface area contributed by atoms with Crippen molar-refractivity contribution < 1.29 is 17.5 Å². The smallest absolute Gasteiger partial charge is 0.328 e. The number of nitrogens with one attached hydrogen (secondary N) is 2. The summed E-state index contributed by atoms with van der Waals surface area (Å²) in [7, 11) is -3.55. The van der Waals surface area contributed by atoms with Gasteiger partial charge >= 0.3 is 5.69 Å². The van der Waals surface area contributed by atoms with Crippen molar-refractivity contribution in [3.63, 3.8) is 0 Å². The summed E-state index contributed by atoms with van der Waals surface area (Å²) in [4.78, 5) is 24.5. The maximum Gasteiger partial charge on any atom is 0.328 e. The van der Waals surface area contributed by atoms with Crippen LogP contribution in [0, 0.1) is 5.82 Å². The predicted octanol–water partition coefficient (Wildman–Crippen LogP) is 2.62. The summed E-state index contributed by atoms with van der Waals surface area (Å²) in [6, 6.07) is 7.04. The minimum Gasteiger partial charge on any atom is -0.490 e. The Balaban J connectivity index is 1.50. The average molecular weight is 466 g/mol. The first-order valence-electron chi connectivity index (χ1n) is 10.6. The predicted molar refractivity (Wildman–Crippen MR) is 120 cm³/mol. The maximum atomic E-state index is 13.3. The molecule has 2 aromatic rings. The third-order valence-electron chi connectivity index (χ3n) is 5.31. The van der Waals surface area contributed by atoms with Crippen molar-refractivity contribution in [2.24, 2.45) is 0 Å². The number of benzene rings is 1. The zero-order valence-corrected chi connectivity index (χ0v) is 18.7. The first kappa shape index (κ1) is 23.9. The highest BCUT2D eigenvalue weighted by molar-refractivity contribution is 7.89. The van der Waals surface area contributed by atoms with Gasteiger partial charge in [-0.1, -0.05) is 24.3 Å². The fraction of sp³-hybridized carbons (Fsp3) is 0.455. The summed E-state index contributed by atoms with van der Waals surface area (Å²) in [5, 5.41) is 0. The highest BCUT2D eigenvalue weighted by Crippen LogP contribution is 2.26. The molecular formula is C22H28FN3O5S. The highest BCUT2D eigenvalue weighted by atomic mass is 32.2. The monoisotopic (exact) mass is 465 g/mol. The Morgan fingerprint density at radius 3 is 2.78 bits per heavy atom. The van der Waals surface area contributed by atoms with Crippen LogP contribution in [-0.2, 0) is 16.6 Å². The normalized spacial score (nSPS) is 15.9. The van der Waals surface area contributed by atoms with Gasteiger partial charge in [-0.25, -0.2) is 17.9 Å². The lowest BCUT2D eigenvalue weighted by Gasteiger charge is -2.17. The van der Waals surface area contributed by atoms with Crippen molar-refractivity contribution in [3.05, 3.63) is 74.8 Å². The summed E-state index contributed by atoms with van der Waals surface area (Å²) in [5.74, 6) is -0.449. The van der Waals surface area contributed by atoms with Gasteiger partial charge in [-0.2, -0.15) is 4.39 Å². The number of H-pyrrole nitrogens is 1. The van der Waals surface area contributed by atoms with Gasteiger partial charge in [0.05, 0.1) is 18.1 Å². The third kappa shape index (κ3) is 6.89. The molecule has 1 aliphatic rings. The first-order valence-corrected chi connectivity index (χ1v) is 12.3. The minimum absolute atomic E-state index is 0.0181. The Bertz CT molecular complexity index is 1170. The topological polar surface area (TPSA) is 110 Å². The Kier molecular flexibility index (Phi) is 8.03. The quantitative estimate of drug-likeness (QED) is 0.524. The summed E-state index contributed by atoms with van der Waals surface area (Å²) in [5.41, 5.74) is -0.987. The zero-order chi connectivity index (χ0) is 23.1. The number of rotatable bonds is 10. The molecule has 1 fully saturated rings. The van der Waals surface area contributed by atoms with Crippen molar-refractivity contribution in [2.75, 3.05) is 5.75 Å². The van der Waals surface area contributed by atoms with Crippen LogP contribution in [0.2, 0.25) is 0 Å². The van der Waals surface area contributed by atoms with E-state index in [1.54, 1.807) is 19.1 Å². The van der Waals surface area contributed by atoms with E-state index in [1.165, 1.54) is 12.8 Å². The van der Waals surface area contributed by atoms with Crippen molar-refractivity contribution in [1.82, 2.24) is 14.3 Å². The molecule has 32 heavy (non-hydrogen) atoms. The van der Waals surface area contributed by atoms with E-state index in [0.29, 0.717) is 0 Å². The summed E-state index contributed by atoms with van der Waals surface area (Å²) >= 11 is 0. The molecule has 8 nitrogen and oxygen atoms in total. The summed E-state index contributed by atoms with van der Waals surface area (Å²) < 4.78 is 47.8. The molecule has 1 saturated carbocycles. The molecule has 0 spiro atoms. The number of nitrogens with zero attached hydrogens (tertiary/aromatic N) is 1. The van der Waals surface area contributed by atoms with Crippen LogP contribution in [0.1, 0.15) is 50.6 Å². The second-order valence-corrected chi connectivity index (χ2v) is 9.78. The van der Waals surface area contributed by atoms with Gasteiger partial charge in [-0.3, -0.25) is 14.3 Å². The Hall–Kier alpha value is -2.72. The van der Waals surface area contributed by atoms with E-state index in [4.69, 9.17) is 4.74 Å². The van der Waals surface area contributed by atoms with Crippen molar-refractivity contribution in [2.45, 2.75) is 57.7 Å². The summed E-state index contributed by atoms with van der Waals surface area (Å²) in [6.45, 7) is 1.80. The first-order chi connectivity index (χ1) is 15.2. The molecule has 0 amide bonds. The van der Waals surface area contributed by atoms with E-state index in [0.717, 1.165) is 34.9 Å². The van der Waals surface area contributed by atoms with Crippen LogP contribution in [0.4, 0.5) is 4.39 Å². The second-order valence-electron chi connectivity index (χ2n) is 7.90. The van der Waals surface area contributed by atoms with E-state index in [1.807, 2.05) is 29.2 Å². The Labute approximate surface area is 186 Å². The van der Waals surface area contributed by atoms with Crippen LogP contribution in [0.15, 0.2) is 52.2 Å². The van der Waals surface area contributed by atoms with E-state index >= 15 is 0 Å². The number of allylic oxidation sites excluding steroid dienone is 2. The zero-order valence-electron chi connectivity index (χ0n) is 17.9. The lowest BCUT2D eigenvalue weighted by atomic mass is 10.1. The van der Waals surface area contributed by atoms with Crippen LogP contribution < -0.4 is 20.7 Å². The molecule has 1 atom stereocenters. The number of aromatic nitrogens is 2. The molecule has 1 aliphatic carbocycles. The van der Waals surface area contributed by atoms with Crippen LogP contribution in [0.5, 0.6) is 5.75 Å². The third-order valence-corrected chi connectivity index (χ3v) is 6.79. The molecule has 174 valence electrons. The minimum atomic E-state index is -3.55. The molecule has 3 rings (SSSR count). The molecule has 10 heteroatoms. The lowest BCUT2D eigenvalue weighted by molar-refractivity contribution is 0.210. The molecule has 0 unspecified atom stereocenters. The molecule has 1 heterocycles. The van der Waals surface area contributed by atoms with Gasteiger partial charge in [0.2, 0.25) is 15.8 Å². The van der Waals surface area contributed by atoms with Gasteiger partial charge in [0, 0.05) is 12.6 Å². The van der Waals surface area contributed by atoms with Gasteiger partial charge in [0.25, 0.3) is 5.56 Å². The van der Waals surface area contributed by atoms with Crippen LogP contribution in [0.3, 0.4) is 0 Å². The molecule has 2 N–H and O–H groups in total. The molecule has 0 aliphatic heterocycles. The molecule has 1 aromatic carbocycles. The van der Waals surface area contributed by atoms with Gasteiger partial charge in [-0.15, -0.1) is 0 Å². The van der Waals surface area contributed by atoms with E-state index in [9.17, 15) is 22.4 Å². The second kappa shape index (κ2) is 10.7. The van der Waals surface area contributed by atoms with Gasteiger partial charge in [-0.05, 0) is 56.7 Å². The molecule has 0 radical (unpaired) electrons. The van der Waals surface area contributed by atoms with E-state index < -0.39 is 33.1 Å². The van der Waals surface area contributed by atoms with Crippen LogP contribution in [-0.4, -0.2) is 29.8 Å².